The molecule has 4 nitrogen and oxygen atoms in total. The van der Waals surface area contributed by atoms with Gasteiger partial charge >= 0.3 is 0 Å². The molecular weight excluding hydrogens is 238 g/mol. The second-order valence-corrected chi connectivity index (χ2v) is 6.58. The Bertz CT molecular complexity index is 279. The molecule has 1 amide bonds. The molecule has 0 aromatic heterocycles. The summed E-state index contributed by atoms with van der Waals surface area (Å²) in [6.07, 6.45) is 3.95. The molecule has 0 bridgehead atoms. The molecule has 0 aromatic rings. The molecule has 0 spiro atoms. The summed E-state index contributed by atoms with van der Waals surface area (Å²) in [7, 11) is 4.14. The monoisotopic (exact) mass is 269 g/mol. The molecule has 1 unspecified atom stereocenters. The van der Waals surface area contributed by atoms with Gasteiger partial charge in [0.05, 0.1) is 0 Å². The van der Waals surface area contributed by atoms with Crippen LogP contribution in [0.3, 0.4) is 0 Å². The summed E-state index contributed by atoms with van der Waals surface area (Å²) in [5, 5.41) is 0. The lowest BCUT2D eigenvalue weighted by Gasteiger charge is -2.29. The van der Waals surface area contributed by atoms with E-state index in [2.05, 4.69) is 37.7 Å². The van der Waals surface area contributed by atoms with Crippen LogP contribution in [0.15, 0.2) is 0 Å². The zero-order chi connectivity index (χ0) is 14.4. The molecule has 0 aromatic carbocycles. The average Bonchev–Trinajstić information content (AvgIpc) is 2.74. The molecule has 19 heavy (non-hydrogen) atoms. The molecule has 1 rings (SSSR count). The molecule has 0 radical (unpaired) electrons. The zero-order valence-electron chi connectivity index (χ0n) is 13.1. The van der Waals surface area contributed by atoms with Gasteiger partial charge in [-0.05, 0) is 51.7 Å². The third-order valence-corrected chi connectivity index (χ3v) is 3.87. The van der Waals surface area contributed by atoms with Gasteiger partial charge < -0.3 is 15.5 Å². The van der Waals surface area contributed by atoms with E-state index in [0.29, 0.717) is 36.8 Å². The molecule has 2 atom stereocenters. The zero-order valence-corrected chi connectivity index (χ0v) is 13.1. The summed E-state index contributed by atoms with van der Waals surface area (Å²) in [5.41, 5.74) is 5.80. The van der Waals surface area contributed by atoms with Crippen molar-refractivity contribution in [2.24, 2.45) is 17.6 Å². The van der Waals surface area contributed by atoms with Gasteiger partial charge in [0.25, 0.3) is 0 Å². The second kappa shape index (κ2) is 7.85. The van der Waals surface area contributed by atoms with E-state index in [1.807, 2.05) is 0 Å². The van der Waals surface area contributed by atoms with Crippen molar-refractivity contribution in [3.8, 4) is 0 Å². The average molecular weight is 269 g/mol. The van der Waals surface area contributed by atoms with Crippen molar-refractivity contribution in [2.75, 3.05) is 33.7 Å². The summed E-state index contributed by atoms with van der Waals surface area (Å²) in [6.45, 7) is 6.91. The van der Waals surface area contributed by atoms with Crippen molar-refractivity contribution in [1.29, 1.82) is 0 Å². The van der Waals surface area contributed by atoms with E-state index < -0.39 is 0 Å². The number of nitrogens with two attached hydrogens (primary N) is 1. The minimum Gasteiger partial charge on any atom is -0.338 e. The van der Waals surface area contributed by atoms with Gasteiger partial charge in [0, 0.05) is 25.6 Å². The number of nitrogens with zero attached hydrogens (tertiary/aromatic N) is 2. The standard InChI is InChI=1S/C15H31N3O/c1-12(2)8-13(10-16)9-15(19)18-7-5-6-14(18)11-17(3)4/h12-14H,5-11,16H2,1-4H3/t13-,14?/m0/s1. The number of amides is 1. The third kappa shape index (κ3) is 5.49. The normalized spacial score (nSPS) is 21.4. The first-order chi connectivity index (χ1) is 8.93. The van der Waals surface area contributed by atoms with Crippen LogP contribution >= 0.6 is 0 Å². The maximum atomic E-state index is 12.4. The van der Waals surface area contributed by atoms with Crippen molar-refractivity contribution < 1.29 is 4.79 Å². The van der Waals surface area contributed by atoms with Crippen LogP contribution in [0.1, 0.15) is 39.5 Å². The van der Waals surface area contributed by atoms with Crippen LogP contribution in [0, 0.1) is 11.8 Å². The van der Waals surface area contributed by atoms with Crippen LogP contribution in [0.5, 0.6) is 0 Å². The first-order valence-corrected chi connectivity index (χ1v) is 7.58. The lowest BCUT2D eigenvalue weighted by atomic mass is 9.93. The summed E-state index contributed by atoms with van der Waals surface area (Å²) in [4.78, 5) is 16.7. The number of likely N-dealkylation sites (N-methyl/N-ethyl adjacent to an activating group) is 1. The van der Waals surface area contributed by atoms with Gasteiger partial charge in [0.2, 0.25) is 5.91 Å². The van der Waals surface area contributed by atoms with Crippen LogP contribution < -0.4 is 5.73 Å². The molecule has 1 aliphatic heterocycles. The molecular formula is C15H31N3O. The highest BCUT2D eigenvalue weighted by atomic mass is 16.2. The largest absolute Gasteiger partial charge is 0.338 e. The van der Waals surface area contributed by atoms with Crippen LogP contribution in [0.2, 0.25) is 0 Å². The highest BCUT2D eigenvalue weighted by molar-refractivity contribution is 5.77. The third-order valence-electron chi connectivity index (χ3n) is 3.87. The van der Waals surface area contributed by atoms with Gasteiger partial charge in [-0.1, -0.05) is 13.8 Å². The molecule has 0 saturated carbocycles. The fourth-order valence-electron chi connectivity index (χ4n) is 3.07. The van der Waals surface area contributed by atoms with Crippen molar-refractivity contribution in [2.45, 2.75) is 45.6 Å². The highest BCUT2D eigenvalue weighted by Crippen LogP contribution is 2.22. The molecule has 1 fully saturated rings. The Morgan fingerprint density at radius 2 is 2.11 bits per heavy atom. The van der Waals surface area contributed by atoms with Crippen LogP contribution in [-0.2, 0) is 4.79 Å². The number of hydrogen-bond acceptors (Lipinski definition) is 3. The van der Waals surface area contributed by atoms with E-state index in [-0.39, 0.29) is 0 Å². The lowest BCUT2D eigenvalue weighted by molar-refractivity contribution is -0.133. The predicted octanol–water partition coefficient (Wildman–Crippen LogP) is 1.55. The summed E-state index contributed by atoms with van der Waals surface area (Å²) in [6, 6.07) is 0.403. The topological polar surface area (TPSA) is 49.6 Å². The number of likely N-dealkylation sites (tertiary alicyclic amines) is 1. The van der Waals surface area contributed by atoms with Gasteiger partial charge in [-0.25, -0.2) is 0 Å². The first kappa shape index (κ1) is 16.4. The smallest absolute Gasteiger partial charge is 0.223 e. The molecule has 4 heteroatoms. The minimum absolute atomic E-state index is 0.306. The number of rotatable bonds is 7. The van der Waals surface area contributed by atoms with Gasteiger partial charge in [0.1, 0.15) is 0 Å². The van der Waals surface area contributed by atoms with Crippen molar-refractivity contribution in [1.82, 2.24) is 9.80 Å². The number of carbonyl (C=O) groups is 1. The molecule has 1 heterocycles. The van der Waals surface area contributed by atoms with E-state index in [0.717, 1.165) is 32.4 Å². The predicted molar refractivity (Wildman–Crippen MR) is 79.9 cm³/mol. The Morgan fingerprint density at radius 1 is 1.42 bits per heavy atom. The highest BCUT2D eigenvalue weighted by Gasteiger charge is 2.29. The summed E-state index contributed by atoms with van der Waals surface area (Å²) in [5.74, 6) is 1.26. The quantitative estimate of drug-likeness (QED) is 0.763. The Balaban J connectivity index is 2.51. The lowest BCUT2D eigenvalue weighted by Crippen LogP contribution is -2.42. The Labute approximate surface area is 118 Å². The molecule has 0 aliphatic carbocycles. The van der Waals surface area contributed by atoms with E-state index in [9.17, 15) is 4.79 Å². The van der Waals surface area contributed by atoms with Crippen molar-refractivity contribution in [3.63, 3.8) is 0 Å². The molecule has 1 saturated heterocycles. The first-order valence-electron chi connectivity index (χ1n) is 7.58. The van der Waals surface area contributed by atoms with Gasteiger partial charge in [-0.2, -0.15) is 0 Å². The fourth-order valence-corrected chi connectivity index (χ4v) is 3.07. The fraction of sp³-hybridized carbons (Fsp3) is 0.933. The van der Waals surface area contributed by atoms with Crippen molar-refractivity contribution in [3.05, 3.63) is 0 Å². The number of carbonyl (C=O) groups excluding carboxylic acids is 1. The Hall–Kier alpha value is -0.610. The number of hydrogen-bond donors (Lipinski definition) is 1. The Kier molecular flexibility index (Phi) is 6.80. The summed E-state index contributed by atoms with van der Waals surface area (Å²) < 4.78 is 0. The van der Waals surface area contributed by atoms with Gasteiger partial charge in [-0.3, -0.25) is 4.79 Å². The van der Waals surface area contributed by atoms with Crippen LogP contribution in [0.4, 0.5) is 0 Å². The second-order valence-electron chi connectivity index (χ2n) is 6.58. The van der Waals surface area contributed by atoms with Crippen molar-refractivity contribution >= 4 is 5.91 Å². The van der Waals surface area contributed by atoms with E-state index in [1.165, 1.54) is 0 Å². The SMILES string of the molecule is CC(C)C[C@H](CN)CC(=O)N1CCCC1CN(C)C. The van der Waals surface area contributed by atoms with Gasteiger partial charge in [-0.15, -0.1) is 0 Å². The summed E-state index contributed by atoms with van der Waals surface area (Å²) >= 11 is 0. The van der Waals surface area contributed by atoms with E-state index in [4.69, 9.17) is 5.73 Å². The van der Waals surface area contributed by atoms with E-state index >= 15 is 0 Å². The Morgan fingerprint density at radius 3 is 2.63 bits per heavy atom. The van der Waals surface area contributed by atoms with Crippen LogP contribution in [-0.4, -0.2) is 55.5 Å². The van der Waals surface area contributed by atoms with E-state index in [1.54, 1.807) is 0 Å². The van der Waals surface area contributed by atoms with Crippen LogP contribution in [0.25, 0.3) is 0 Å². The minimum atomic E-state index is 0.306. The molecule has 2 N–H and O–H groups in total. The molecule has 1 aliphatic rings. The maximum absolute atomic E-state index is 12.4. The van der Waals surface area contributed by atoms with Gasteiger partial charge in [0.15, 0.2) is 0 Å². The maximum Gasteiger partial charge on any atom is 0.223 e. The molecule has 112 valence electrons.